The molecule has 0 radical (unpaired) electrons. The molecule has 0 N–H and O–H groups in total. The highest BCUT2D eigenvalue weighted by molar-refractivity contribution is 6.24. The lowest BCUT2D eigenvalue weighted by atomic mass is 9.85. The zero-order valence-electron chi connectivity index (χ0n) is 35.8. The van der Waals surface area contributed by atoms with Gasteiger partial charge in [-0.15, -0.1) is 0 Å². The normalized spacial score (nSPS) is 11.9. The van der Waals surface area contributed by atoms with Crippen molar-refractivity contribution in [1.82, 2.24) is 0 Å². The fraction of sp³-hybridized carbons (Fsp3) is 0. The molecule has 2 heteroatoms. The summed E-state index contributed by atoms with van der Waals surface area (Å²) in [6.07, 6.45) is 0. The molecular formula is C64H38O2. The summed E-state index contributed by atoms with van der Waals surface area (Å²) >= 11 is 0. The minimum Gasteiger partial charge on any atom is -0.456 e. The van der Waals surface area contributed by atoms with Gasteiger partial charge >= 0.3 is 0 Å². The Morgan fingerprint density at radius 2 is 0.470 bits per heavy atom. The number of fused-ring (bicyclic) bond motifs is 10. The third kappa shape index (κ3) is 5.55. The van der Waals surface area contributed by atoms with E-state index >= 15 is 0 Å². The Labute approximate surface area is 380 Å². The van der Waals surface area contributed by atoms with Crippen LogP contribution in [-0.4, -0.2) is 0 Å². The summed E-state index contributed by atoms with van der Waals surface area (Å²) in [4.78, 5) is 0. The van der Waals surface area contributed by atoms with Crippen LogP contribution in [0, 0.1) is 0 Å². The molecule has 306 valence electrons. The van der Waals surface area contributed by atoms with Gasteiger partial charge in [-0.1, -0.05) is 182 Å². The fourth-order valence-electron chi connectivity index (χ4n) is 10.9. The fourth-order valence-corrected chi connectivity index (χ4v) is 10.9. The molecule has 0 fully saturated rings. The van der Waals surface area contributed by atoms with E-state index in [0.717, 1.165) is 60.6 Å². The summed E-state index contributed by atoms with van der Waals surface area (Å²) in [6, 6.07) is 83.4. The van der Waals surface area contributed by atoms with Gasteiger partial charge in [0.05, 0.1) is 0 Å². The molecule has 0 saturated carbocycles. The van der Waals surface area contributed by atoms with Gasteiger partial charge in [0, 0.05) is 21.5 Å². The molecule has 0 bridgehead atoms. The van der Waals surface area contributed by atoms with Crippen LogP contribution in [0.15, 0.2) is 239 Å². The van der Waals surface area contributed by atoms with Gasteiger partial charge in [0.1, 0.15) is 22.3 Å². The van der Waals surface area contributed by atoms with E-state index in [0.29, 0.717) is 0 Å². The Kier molecular flexibility index (Phi) is 8.02. The van der Waals surface area contributed by atoms with Crippen molar-refractivity contribution in [3.8, 4) is 55.6 Å². The maximum Gasteiger partial charge on any atom is 0.136 e. The van der Waals surface area contributed by atoms with Crippen molar-refractivity contribution < 1.29 is 8.83 Å². The molecule has 0 aliphatic rings. The third-order valence-electron chi connectivity index (χ3n) is 13.8. The zero-order valence-corrected chi connectivity index (χ0v) is 35.8. The predicted octanol–water partition coefficient (Wildman–Crippen LogP) is 18.4. The molecule has 66 heavy (non-hydrogen) atoms. The number of hydrogen-bond acceptors (Lipinski definition) is 2. The Hall–Kier alpha value is -8.72. The molecule has 0 aliphatic heterocycles. The highest BCUT2D eigenvalue weighted by Gasteiger charge is 2.21. The van der Waals surface area contributed by atoms with Crippen LogP contribution in [0.2, 0.25) is 0 Å². The van der Waals surface area contributed by atoms with Crippen LogP contribution >= 0.6 is 0 Å². The molecule has 2 heterocycles. The Morgan fingerprint density at radius 1 is 0.167 bits per heavy atom. The molecule has 12 aromatic carbocycles. The van der Waals surface area contributed by atoms with Crippen molar-refractivity contribution >= 4 is 87.0 Å². The average Bonchev–Trinajstić information content (AvgIpc) is 3.94. The molecule has 2 nitrogen and oxygen atoms in total. The summed E-state index contributed by atoms with van der Waals surface area (Å²) in [6.45, 7) is 0. The summed E-state index contributed by atoms with van der Waals surface area (Å²) in [7, 11) is 0. The number of rotatable bonds is 5. The summed E-state index contributed by atoms with van der Waals surface area (Å²) in [5.41, 5.74) is 15.5. The van der Waals surface area contributed by atoms with Crippen molar-refractivity contribution in [3.63, 3.8) is 0 Å². The van der Waals surface area contributed by atoms with Gasteiger partial charge in [0.15, 0.2) is 0 Å². The molecule has 0 saturated heterocycles. The first kappa shape index (κ1) is 36.7. The van der Waals surface area contributed by atoms with Gasteiger partial charge in [-0.2, -0.15) is 0 Å². The second kappa shape index (κ2) is 14.4. The molecule has 0 aliphatic carbocycles. The van der Waals surface area contributed by atoms with Gasteiger partial charge in [-0.3, -0.25) is 0 Å². The van der Waals surface area contributed by atoms with Crippen molar-refractivity contribution in [3.05, 3.63) is 231 Å². The monoisotopic (exact) mass is 838 g/mol. The minimum absolute atomic E-state index is 0.876. The van der Waals surface area contributed by atoms with E-state index < -0.39 is 0 Å². The molecule has 14 aromatic rings. The summed E-state index contributed by atoms with van der Waals surface area (Å²) < 4.78 is 13.2. The first-order valence-corrected chi connectivity index (χ1v) is 22.6. The molecule has 0 atom stereocenters. The van der Waals surface area contributed by atoms with Crippen molar-refractivity contribution in [1.29, 1.82) is 0 Å². The lowest BCUT2D eigenvalue weighted by Crippen LogP contribution is -1.91. The lowest BCUT2D eigenvalue weighted by Gasteiger charge is -2.18. The van der Waals surface area contributed by atoms with Gasteiger partial charge in [0.25, 0.3) is 0 Å². The standard InChI is InChI=1S/C64H38O2/c1-3-15-39(16-4-1)41-28-32-58-55(35-41)56-37-43(30-34-59(56)65-58)63-52-25-13-11-23-50(52)62(51-24-12-14-26-53(51)63)42-29-33-57-54(36-42)45-31-27-44(38-60(45)66-57)64-48-21-9-7-19-46(48)61(40-17-5-2-6-18-40)47-20-8-10-22-49(47)64/h1-38H. The second-order valence-electron chi connectivity index (χ2n) is 17.5. The molecule has 2 aromatic heterocycles. The van der Waals surface area contributed by atoms with Gasteiger partial charge < -0.3 is 8.83 Å². The van der Waals surface area contributed by atoms with E-state index in [9.17, 15) is 0 Å². The van der Waals surface area contributed by atoms with E-state index in [-0.39, 0.29) is 0 Å². The first-order valence-electron chi connectivity index (χ1n) is 22.6. The Bertz CT molecular complexity index is 4150. The Morgan fingerprint density at radius 3 is 0.909 bits per heavy atom. The topological polar surface area (TPSA) is 26.3 Å². The smallest absolute Gasteiger partial charge is 0.136 e. The maximum absolute atomic E-state index is 6.76. The van der Waals surface area contributed by atoms with Crippen LogP contribution < -0.4 is 0 Å². The third-order valence-corrected chi connectivity index (χ3v) is 13.8. The van der Waals surface area contributed by atoms with Gasteiger partial charge in [-0.25, -0.2) is 0 Å². The van der Waals surface area contributed by atoms with Crippen molar-refractivity contribution in [2.45, 2.75) is 0 Å². The molecule has 14 rings (SSSR count). The summed E-state index contributed by atoms with van der Waals surface area (Å²) in [5, 5.41) is 14.2. The largest absolute Gasteiger partial charge is 0.456 e. The minimum atomic E-state index is 0.876. The predicted molar refractivity (Wildman–Crippen MR) is 278 cm³/mol. The van der Waals surface area contributed by atoms with Crippen LogP contribution in [-0.2, 0) is 0 Å². The van der Waals surface area contributed by atoms with E-state index in [4.69, 9.17) is 8.83 Å². The first-order chi connectivity index (χ1) is 32.7. The van der Waals surface area contributed by atoms with Crippen LogP contribution in [0.25, 0.3) is 143 Å². The molecule has 0 unspecified atom stereocenters. The maximum atomic E-state index is 6.76. The molecule has 0 amide bonds. The SMILES string of the molecule is c1ccc(-c2ccc3oc4ccc(-c5c6ccccc6c(-c6ccc7oc8cc(-c9c%10ccccc%10c(-c%10ccccc%10)c%10ccccc9%10)ccc8c7c6)c6ccccc56)cc4c3c2)cc1. The van der Waals surface area contributed by atoms with Gasteiger partial charge in [-0.05, 0) is 147 Å². The average molecular weight is 839 g/mol. The highest BCUT2D eigenvalue weighted by atomic mass is 16.3. The van der Waals surface area contributed by atoms with Gasteiger partial charge in [0.2, 0.25) is 0 Å². The van der Waals surface area contributed by atoms with Crippen molar-refractivity contribution in [2.75, 3.05) is 0 Å². The lowest BCUT2D eigenvalue weighted by molar-refractivity contribution is 0.668. The number of hydrogen-bond donors (Lipinski definition) is 0. The van der Waals surface area contributed by atoms with Crippen molar-refractivity contribution in [2.24, 2.45) is 0 Å². The van der Waals surface area contributed by atoms with E-state index in [1.165, 1.54) is 82.0 Å². The zero-order chi connectivity index (χ0) is 43.3. The second-order valence-corrected chi connectivity index (χ2v) is 17.5. The summed E-state index contributed by atoms with van der Waals surface area (Å²) in [5.74, 6) is 0. The van der Waals surface area contributed by atoms with Crippen LogP contribution in [0.5, 0.6) is 0 Å². The van der Waals surface area contributed by atoms with E-state index in [1.807, 2.05) is 0 Å². The number of furan rings is 2. The van der Waals surface area contributed by atoms with Crippen LogP contribution in [0.3, 0.4) is 0 Å². The number of benzene rings is 12. The quantitative estimate of drug-likeness (QED) is 0.161. The van der Waals surface area contributed by atoms with Crippen LogP contribution in [0.1, 0.15) is 0 Å². The highest BCUT2D eigenvalue weighted by Crippen LogP contribution is 2.48. The van der Waals surface area contributed by atoms with E-state index in [2.05, 4.69) is 231 Å². The molecule has 0 spiro atoms. The van der Waals surface area contributed by atoms with Crippen LogP contribution in [0.4, 0.5) is 0 Å². The molecular weight excluding hydrogens is 801 g/mol. The Balaban J connectivity index is 0.932. The van der Waals surface area contributed by atoms with E-state index in [1.54, 1.807) is 0 Å².